The van der Waals surface area contributed by atoms with Gasteiger partial charge in [0.05, 0.1) is 11.4 Å². The number of hydrogen-bond donors (Lipinski definition) is 3. The number of amides is 1. The average Bonchev–Trinajstić information content (AvgIpc) is 2.33. The van der Waals surface area contributed by atoms with Crippen LogP contribution in [0, 0.1) is 0 Å². The quantitative estimate of drug-likeness (QED) is 0.662. The van der Waals surface area contributed by atoms with Crippen LogP contribution in [0.1, 0.15) is 13.3 Å². The van der Waals surface area contributed by atoms with Gasteiger partial charge in [0.15, 0.2) is 0 Å². The van der Waals surface area contributed by atoms with Gasteiger partial charge in [-0.1, -0.05) is 6.92 Å². The van der Waals surface area contributed by atoms with Crippen LogP contribution in [0.25, 0.3) is 0 Å². The Bertz CT molecular complexity index is 560. The molecule has 0 aliphatic carbocycles. The Morgan fingerprint density at radius 3 is 2.68 bits per heavy atom. The molecule has 1 aromatic carbocycles. The minimum absolute atomic E-state index is 0.0463. The molecule has 0 radical (unpaired) electrons. The molecule has 8 heteroatoms. The first-order chi connectivity index (χ1) is 8.86. The predicted octanol–water partition coefficient (Wildman–Crippen LogP) is 0.836. The fraction of sp³-hybridized carbons (Fsp3) is 0.364. The predicted molar refractivity (Wildman–Crippen MR) is 77.0 cm³/mol. The molecule has 1 amide bonds. The zero-order valence-corrected chi connectivity index (χ0v) is 12.8. The van der Waals surface area contributed by atoms with Gasteiger partial charge in [0.25, 0.3) is 0 Å². The second-order valence-electron chi connectivity index (χ2n) is 3.86. The number of benzene rings is 1. The van der Waals surface area contributed by atoms with E-state index in [-0.39, 0.29) is 17.3 Å². The Morgan fingerprint density at radius 2 is 2.11 bits per heavy atom. The van der Waals surface area contributed by atoms with Gasteiger partial charge in [0.2, 0.25) is 15.9 Å². The lowest BCUT2D eigenvalue weighted by atomic mass is 10.3. The van der Waals surface area contributed by atoms with E-state index in [4.69, 9.17) is 5.73 Å². The van der Waals surface area contributed by atoms with Gasteiger partial charge in [-0.3, -0.25) is 4.79 Å². The normalized spacial score (nSPS) is 11.3. The third-order valence-electron chi connectivity index (χ3n) is 2.24. The van der Waals surface area contributed by atoms with Crippen molar-refractivity contribution >= 4 is 37.5 Å². The van der Waals surface area contributed by atoms with E-state index < -0.39 is 10.0 Å². The third-order valence-corrected chi connectivity index (χ3v) is 4.62. The Balaban J connectivity index is 2.73. The lowest BCUT2D eigenvalue weighted by molar-refractivity contribution is -0.119. The van der Waals surface area contributed by atoms with Crippen LogP contribution in [-0.2, 0) is 14.8 Å². The van der Waals surface area contributed by atoms with Crippen LogP contribution in [0.5, 0.6) is 0 Å². The highest BCUT2D eigenvalue weighted by Gasteiger charge is 2.18. The summed E-state index contributed by atoms with van der Waals surface area (Å²) in [4.78, 5) is 11.4. The van der Waals surface area contributed by atoms with Crippen LogP contribution in [0.4, 0.5) is 5.69 Å². The van der Waals surface area contributed by atoms with Crippen LogP contribution >= 0.6 is 15.9 Å². The number of sulfonamides is 1. The van der Waals surface area contributed by atoms with E-state index in [1.54, 1.807) is 0 Å². The number of halogens is 1. The molecule has 0 aliphatic rings. The molecule has 4 N–H and O–H groups in total. The van der Waals surface area contributed by atoms with Crippen molar-refractivity contribution in [3.63, 3.8) is 0 Å². The van der Waals surface area contributed by atoms with Crippen molar-refractivity contribution in [3.05, 3.63) is 22.7 Å². The van der Waals surface area contributed by atoms with Crippen molar-refractivity contribution < 1.29 is 13.2 Å². The summed E-state index contributed by atoms with van der Waals surface area (Å²) in [5.74, 6) is -0.364. The average molecular weight is 350 g/mol. The van der Waals surface area contributed by atoms with Gasteiger partial charge >= 0.3 is 0 Å². The largest absolute Gasteiger partial charge is 0.399 e. The van der Waals surface area contributed by atoms with E-state index in [9.17, 15) is 13.2 Å². The summed E-state index contributed by atoms with van der Waals surface area (Å²) in [5, 5.41) is 2.58. The van der Waals surface area contributed by atoms with Crippen LogP contribution < -0.4 is 15.8 Å². The molecule has 1 aromatic rings. The van der Waals surface area contributed by atoms with Gasteiger partial charge in [-0.2, -0.15) is 0 Å². The highest BCUT2D eigenvalue weighted by atomic mass is 79.9. The van der Waals surface area contributed by atoms with Gasteiger partial charge in [0.1, 0.15) is 0 Å². The van der Waals surface area contributed by atoms with Crippen molar-refractivity contribution in [2.45, 2.75) is 18.2 Å². The molecule has 19 heavy (non-hydrogen) atoms. The molecule has 0 heterocycles. The van der Waals surface area contributed by atoms with Gasteiger partial charge in [-0.25, -0.2) is 13.1 Å². The Morgan fingerprint density at radius 1 is 1.42 bits per heavy atom. The maximum atomic E-state index is 12.0. The van der Waals surface area contributed by atoms with Crippen molar-refractivity contribution in [3.8, 4) is 0 Å². The molecule has 0 saturated carbocycles. The molecule has 0 bridgehead atoms. The summed E-state index contributed by atoms with van der Waals surface area (Å²) in [6.07, 6.45) is 0.794. The number of nitrogens with one attached hydrogen (secondary N) is 2. The minimum atomic E-state index is -3.74. The standard InChI is InChI=1S/C11H16BrN3O3S/c1-2-5-14-11(16)7-15-19(17,18)10-4-3-8(13)6-9(10)12/h3-4,6,15H,2,5,7,13H2,1H3,(H,14,16). The van der Waals surface area contributed by atoms with Crippen molar-refractivity contribution in [2.75, 3.05) is 18.8 Å². The molecule has 0 aliphatic heterocycles. The first-order valence-corrected chi connectivity index (χ1v) is 7.96. The summed E-state index contributed by atoms with van der Waals surface area (Å²) >= 11 is 3.13. The van der Waals surface area contributed by atoms with Crippen molar-refractivity contribution in [1.29, 1.82) is 0 Å². The van der Waals surface area contributed by atoms with E-state index in [0.29, 0.717) is 16.7 Å². The van der Waals surface area contributed by atoms with E-state index in [0.717, 1.165) is 6.42 Å². The summed E-state index contributed by atoms with van der Waals surface area (Å²) in [7, 11) is -3.74. The fourth-order valence-electron chi connectivity index (χ4n) is 1.30. The SMILES string of the molecule is CCCNC(=O)CNS(=O)(=O)c1ccc(N)cc1Br. The molecular formula is C11H16BrN3O3S. The van der Waals surface area contributed by atoms with Crippen LogP contribution in [0.15, 0.2) is 27.6 Å². The molecule has 0 atom stereocenters. The smallest absolute Gasteiger partial charge is 0.242 e. The maximum Gasteiger partial charge on any atom is 0.242 e. The molecule has 0 aromatic heterocycles. The van der Waals surface area contributed by atoms with E-state index in [2.05, 4.69) is 26.0 Å². The second kappa shape index (κ2) is 6.88. The molecule has 0 unspecified atom stereocenters. The second-order valence-corrected chi connectivity index (χ2v) is 6.45. The number of rotatable bonds is 6. The van der Waals surface area contributed by atoms with Crippen LogP contribution in [0.3, 0.4) is 0 Å². The lowest BCUT2D eigenvalue weighted by Crippen LogP contribution is -2.37. The Hall–Kier alpha value is -1.12. The molecule has 1 rings (SSSR count). The zero-order valence-electron chi connectivity index (χ0n) is 10.4. The number of nitrogens with two attached hydrogens (primary N) is 1. The van der Waals surface area contributed by atoms with Crippen molar-refractivity contribution in [1.82, 2.24) is 10.0 Å². The zero-order chi connectivity index (χ0) is 14.5. The molecular weight excluding hydrogens is 334 g/mol. The summed E-state index contributed by atoms with van der Waals surface area (Å²) < 4.78 is 26.6. The minimum Gasteiger partial charge on any atom is -0.399 e. The van der Waals surface area contributed by atoms with Gasteiger partial charge in [0, 0.05) is 16.7 Å². The number of carbonyl (C=O) groups is 1. The lowest BCUT2D eigenvalue weighted by Gasteiger charge is -2.09. The highest BCUT2D eigenvalue weighted by molar-refractivity contribution is 9.10. The summed E-state index contributed by atoms with van der Waals surface area (Å²) in [6.45, 7) is 2.14. The first-order valence-electron chi connectivity index (χ1n) is 5.68. The van der Waals surface area contributed by atoms with Crippen LogP contribution in [-0.4, -0.2) is 27.4 Å². The Kier molecular flexibility index (Phi) is 5.77. The molecule has 0 saturated heterocycles. The molecule has 0 spiro atoms. The van der Waals surface area contributed by atoms with E-state index in [1.807, 2.05) is 6.92 Å². The number of carbonyl (C=O) groups excluding carboxylic acids is 1. The van der Waals surface area contributed by atoms with E-state index in [1.165, 1.54) is 18.2 Å². The van der Waals surface area contributed by atoms with Crippen molar-refractivity contribution in [2.24, 2.45) is 0 Å². The number of nitrogen functional groups attached to an aromatic ring is 1. The fourth-order valence-corrected chi connectivity index (χ4v) is 3.38. The molecule has 106 valence electrons. The van der Waals surface area contributed by atoms with Gasteiger partial charge in [-0.05, 0) is 40.5 Å². The molecule has 6 nitrogen and oxygen atoms in total. The number of hydrogen-bond acceptors (Lipinski definition) is 4. The van der Waals surface area contributed by atoms with Crippen LogP contribution in [0.2, 0.25) is 0 Å². The van der Waals surface area contributed by atoms with E-state index >= 15 is 0 Å². The first kappa shape index (κ1) is 15.9. The third kappa shape index (κ3) is 4.81. The topological polar surface area (TPSA) is 101 Å². The summed E-state index contributed by atoms with van der Waals surface area (Å²) in [5.41, 5.74) is 5.99. The summed E-state index contributed by atoms with van der Waals surface area (Å²) in [6, 6.07) is 4.36. The maximum absolute atomic E-state index is 12.0. The monoisotopic (exact) mass is 349 g/mol. The Labute approximate surface area is 120 Å². The van der Waals surface area contributed by atoms with Gasteiger partial charge in [-0.15, -0.1) is 0 Å². The van der Waals surface area contributed by atoms with Gasteiger partial charge < -0.3 is 11.1 Å². The molecule has 0 fully saturated rings. The number of anilines is 1. The highest BCUT2D eigenvalue weighted by Crippen LogP contribution is 2.23.